The minimum atomic E-state index is -0.833. The Morgan fingerprint density at radius 1 is 1.38 bits per heavy atom. The molecule has 1 fully saturated rings. The minimum Gasteiger partial charge on any atom is -0.491 e. The Labute approximate surface area is 172 Å². The third kappa shape index (κ3) is 6.99. The first-order chi connectivity index (χ1) is 13.7. The standard InChI is InChI=1S/C19H30N2O4.C2H4O2/c1-3-7-19(13-22)12-21(9-6-17(19)23)18(24)15-11-14(2)4-5-16(15)25-10-8-20;1-2(3)4/h4-5,11,17,22-23H,3,6-10,12-13,20H2,1-2H3;1H3,(H,3,4)/t17-,19+;/m1./s1. The van der Waals surface area contributed by atoms with E-state index in [4.69, 9.17) is 20.4 Å². The summed E-state index contributed by atoms with van der Waals surface area (Å²) >= 11 is 0. The number of amides is 1. The Balaban J connectivity index is 0.000000960. The molecule has 0 aromatic heterocycles. The Hall–Kier alpha value is -2.16. The normalized spacial score (nSPS) is 21.2. The maximum Gasteiger partial charge on any atom is 0.300 e. The van der Waals surface area contributed by atoms with Gasteiger partial charge < -0.3 is 30.7 Å². The van der Waals surface area contributed by atoms with Crippen LogP contribution in [0.5, 0.6) is 5.75 Å². The number of benzene rings is 1. The molecule has 1 aliphatic heterocycles. The SMILES string of the molecule is CC(=O)O.CCC[C@@]1(CO)CN(C(=O)c2cc(C)ccc2OCCN)CC[C@H]1O. The summed E-state index contributed by atoms with van der Waals surface area (Å²) in [5.74, 6) is -0.436. The van der Waals surface area contributed by atoms with Crippen molar-refractivity contribution >= 4 is 11.9 Å². The Morgan fingerprint density at radius 2 is 2.03 bits per heavy atom. The van der Waals surface area contributed by atoms with E-state index in [0.29, 0.717) is 50.4 Å². The van der Waals surface area contributed by atoms with E-state index in [0.717, 1.165) is 18.9 Å². The molecule has 1 amide bonds. The fourth-order valence-electron chi connectivity index (χ4n) is 3.58. The van der Waals surface area contributed by atoms with Gasteiger partial charge in [-0.15, -0.1) is 0 Å². The van der Waals surface area contributed by atoms with E-state index in [1.807, 2.05) is 26.0 Å². The van der Waals surface area contributed by atoms with Crippen LogP contribution < -0.4 is 10.5 Å². The van der Waals surface area contributed by atoms with Gasteiger partial charge in [0.15, 0.2) is 0 Å². The summed E-state index contributed by atoms with van der Waals surface area (Å²) in [5.41, 5.74) is 6.34. The highest BCUT2D eigenvalue weighted by atomic mass is 16.5. The quantitative estimate of drug-likeness (QED) is 0.534. The Kier molecular flexibility index (Phi) is 10.1. The predicted molar refractivity (Wildman–Crippen MR) is 110 cm³/mol. The van der Waals surface area contributed by atoms with Gasteiger partial charge in [0.25, 0.3) is 11.9 Å². The van der Waals surface area contributed by atoms with E-state index < -0.39 is 17.5 Å². The molecular formula is C21H34N2O6. The van der Waals surface area contributed by atoms with E-state index in [1.165, 1.54) is 0 Å². The van der Waals surface area contributed by atoms with Crippen molar-refractivity contribution in [1.29, 1.82) is 0 Å². The van der Waals surface area contributed by atoms with Crippen molar-refractivity contribution in [1.82, 2.24) is 4.90 Å². The number of carboxylic acids is 1. The van der Waals surface area contributed by atoms with Crippen LogP contribution in [0, 0.1) is 12.3 Å². The summed E-state index contributed by atoms with van der Waals surface area (Å²) in [6, 6.07) is 5.51. The first kappa shape index (κ1) is 24.9. The highest BCUT2D eigenvalue weighted by molar-refractivity contribution is 5.97. The van der Waals surface area contributed by atoms with Crippen LogP contribution in [-0.2, 0) is 4.79 Å². The average Bonchev–Trinajstić information content (AvgIpc) is 2.68. The number of carbonyl (C=O) groups excluding carboxylic acids is 1. The zero-order valence-electron chi connectivity index (χ0n) is 17.6. The van der Waals surface area contributed by atoms with Crippen LogP contribution in [0.2, 0.25) is 0 Å². The van der Waals surface area contributed by atoms with Crippen LogP contribution in [0.3, 0.4) is 0 Å². The summed E-state index contributed by atoms with van der Waals surface area (Å²) in [6.07, 6.45) is 1.40. The molecular weight excluding hydrogens is 376 g/mol. The molecule has 0 saturated carbocycles. The summed E-state index contributed by atoms with van der Waals surface area (Å²) in [5, 5.41) is 27.7. The van der Waals surface area contributed by atoms with E-state index in [1.54, 1.807) is 11.0 Å². The van der Waals surface area contributed by atoms with Gasteiger partial charge >= 0.3 is 0 Å². The number of aliphatic hydroxyl groups excluding tert-OH is 2. The fourth-order valence-corrected chi connectivity index (χ4v) is 3.58. The molecule has 164 valence electrons. The number of piperidine rings is 1. The van der Waals surface area contributed by atoms with Crippen LogP contribution in [0.25, 0.3) is 0 Å². The monoisotopic (exact) mass is 410 g/mol. The fraction of sp³-hybridized carbons (Fsp3) is 0.619. The van der Waals surface area contributed by atoms with Gasteiger partial charge in [0.1, 0.15) is 12.4 Å². The minimum absolute atomic E-state index is 0.128. The molecule has 0 unspecified atom stereocenters. The van der Waals surface area contributed by atoms with E-state index in [9.17, 15) is 15.0 Å². The molecule has 2 rings (SSSR count). The lowest BCUT2D eigenvalue weighted by Gasteiger charge is -2.45. The van der Waals surface area contributed by atoms with E-state index in [2.05, 4.69) is 0 Å². The lowest BCUT2D eigenvalue weighted by molar-refractivity contribution is -0.134. The second kappa shape index (κ2) is 11.7. The summed E-state index contributed by atoms with van der Waals surface area (Å²) in [7, 11) is 0. The first-order valence-corrected chi connectivity index (χ1v) is 9.92. The van der Waals surface area contributed by atoms with Gasteiger partial charge in [-0.1, -0.05) is 25.0 Å². The maximum absolute atomic E-state index is 13.1. The van der Waals surface area contributed by atoms with Crippen LogP contribution in [-0.4, -0.2) is 71.0 Å². The highest BCUT2D eigenvalue weighted by Gasteiger charge is 2.43. The van der Waals surface area contributed by atoms with Crippen molar-refractivity contribution in [2.75, 3.05) is 32.8 Å². The molecule has 2 atom stereocenters. The zero-order valence-corrected chi connectivity index (χ0v) is 17.6. The van der Waals surface area contributed by atoms with Gasteiger partial charge in [-0.05, 0) is 31.9 Å². The Morgan fingerprint density at radius 3 is 2.59 bits per heavy atom. The van der Waals surface area contributed by atoms with E-state index >= 15 is 0 Å². The topological polar surface area (TPSA) is 133 Å². The van der Waals surface area contributed by atoms with E-state index in [-0.39, 0.29) is 12.5 Å². The molecule has 0 bridgehead atoms. The third-order valence-electron chi connectivity index (χ3n) is 4.98. The second-order valence-corrected chi connectivity index (χ2v) is 7.46. The number of ether oxygens (including phenoxy) is 1. The number of nitrogens with two attached hydrogens (primary N) is 1. The number of likely N-dealkylation sites (tertiary alicyclic amines) is 1. The van der Waals surface area contributed by atoms with Crippen LogP contribution in [0.4, 0.5) is 0 Å². The predicted octanol–water partition coefficient (Wildman–Crippen LogP) is 1.41. The molecule has 1 heterocycles. The number of aliphatic hydroxyl groups is 2. The van der Waals surface area contributed by atoms with Gasteiger partial charge in [0.05, 0.1) is 18.3 Å². The smallest absolute Gasteiger partial charge is 0.300 e. The van der Waals surface area contributed by atoms with Gasteiger partial charge in [0.2, 0.25) is 0 Å². The molecule has 1 saturated heterocycles. The molecule has 1 aliphatic rings. The van der Waals surface area contributed by atoms with Crippen LogP contribution >= 0.6 is 0 Å². The molecule has 0 aliphatic carbocycles. The third-order valence-corrected chi connectivity index (χ3v) is 4.98. The highest BCUT2D eigenvalue weighted by Crippen LogP contribution is 2.36. The number of nitrogens with zero attached hydrogens (tertiary/aromatic N) is 1. The number of rotatable bonds is 7. The molecule has 0 spiro atoms. The molecule has 5 N–H and O–H groups in total. The largest absolute Gasteiger partial charge is 0.491 e. The molecule has 8 heteroatoms. The molecule has 8 nitrogen and oxygen atoms in total. The molecule has 1 aromatic carbocycles. The van der Waals surface area contributed by atoms with Crippen molar-refractivity contribution in [3.05, 3.63) is 29.3 Å². The van der Waals surface area contributed by atoms with Crippen LogP contribution in [0.1, 0.15) is 49.0 Å². The maximum atomic E-state index is 13.1. The lowest BCUT2D eigenvalue weighted by Crippen LogP contribution is -2.55. The van der Waals surface area contributed by atoms with Gasteiger partial charge in [0, 0.05) is 32.0 Å². The molecule has 1 aromatic rings. The summed E-state index contributed by atoms with van der Waals surface area (Å²) in [4.78, 5) is 23.8. The van der Waals surface area contributed by atoms with Crippen molar-refractivity contribution in [2.24, 2.45) is 11.1 Å². The van der Waals surface area contributed by atoms with Crippen molar-refractivity contribution in [2.45, 2.75) is 46.1 Å². The second-order valence-electron chi connectivity index (χ2n) is 7.46. The first-order valence-electron chi connectivity index (χ1n) is 9.92. The molecule has 0 radical (unpaired) electrons. The van der Waals surface area contributed by atoms with Crippen molar-refractivity contribution < 1.29 is 29.6 Å². The number of aryl methyl sites for hydroxylation is 1. The van der Waals surface area contributed by atoms with Crippen LogP contribution in [0.15, 0.2) is 18.2 Å². The molecule has 29 heavy (non-hydrogen) atoms. The van der Waals surface area contributed by atoms with Crippen molar-refractivity contribution in [3.8, 4) is 5.75 Å². The zero-order chi connectivity index (χ0) is 22.0. The van der Waals surface area contributed by atoms with Gasteiger partial charge in [-0.3, -0.25) is 9.59 Å². The number of aliphatic carboxylic acids is 1. The Bertz CT molecular complexity index is 677. The van der Waals surface area contributed by atoms with Crippen molar-refractivity contribution in [3.63, 3.8) is 0 Å². The van der Waals surface area contributed by atoms with Gasteiger partial charge in [-0.2, -0.15) is 0 Å². The number of carbonyl (C=O) groups is 2. The number of hydrogen-bond donors (Lipinski definition) is 4. The summed E-state index contributed by atoms with van der Waals surface area (Å²) in [6.45, 7) is 6.44. The number of hydrogen-bond acceptors (Lipinski definition) is 6. The summed E-state index contributed by atoms with van der Waals surface area (Å²) < 4.78 is 5.63. The number of carboxylic acid groups (broad SMARTS) is 1. The average molecular weight is 411 g/mol. The van der Waals surface area contributed by atoms with Gasteiger partial charge in [-0.25, -0.2) is 0 Å². The lowest BCUT2D eigenvalue weighted by atomic mass is 9.74.